The van der Waals surface area contributed by atoms with Gasteiger partial charge in [-0.1, -0.05) is 41.5 Å². The first-order chi connectivity index (χ1) is 15.9. The van der Waals surface area contributed by atoms with Gasteiger partial charge in [0.2, 0.25) is 10.0 Å². The van der Waals surface area contributed by atoms with E-state index in [0.29, 0.717) is 18.1 Å². The number of aromatic amines is 1. The summed E-state index contributed by atoms with van der Waals surface area (Å²) in [5, 5.41) is 5.50. The number of rotatable bonds is 4. The van der Waals surface area contributed by atoms with Crippen molar-refractivity contribution >= 4 is 39.3 Å². The Hall–Kier alpha value is -2.87. The van der Waals surface area contributed by atoms with Crippen molar-refractivity contribution in [3.63, 3.8) is 0 Å². The number of hydrogen-bond acceptors (Lipinski definition) is 3. The van der Waals surface area contributed by atoms with Crippen molar-refractivity contribution in [3.05, 3.63) is 99.2 Å². The number of hydrogen-bond donors (Lipinski definition) is 1. The van der Waals surface area contributed by atoms with Crippen LogP contribution in [0.2, 0.25) is 5.02 Å². The molecule has 3 aliphatic rings. The number of sulfonamides is 1. The standard InChI is InChI=1S/C25H24ClN4O2S/c1-33(31,32)30-11-8-17(9-12-30)24-22-7-5-20(26)14-19(22)13-18(4-6-21-15-27-16-29-21)23-3-2-10-28-25(23)24/h2-7,10,13-17H,8-9,11-12H2,1H3,(H,27,29)/q-1/b6-4+. The topological polar surface area (TPSA) is 80.2 Å². The molecular formula is C25H24ClN4O2S-. The molecule has 0 unspecified atom stereocenters. The lowest BCUT2D eigenvalue weighted by Gasteiger charge is -2.37. The molecule has 0 amide bonds. The van der Waals surface area contributed by atoms with E-state index in [4.69, 9.17) is 16.9 Å². The molecule has 1 aliphatic carbocycles. The molecule has 1 N–H and O–H groups in total. The van der Waals surface area contributed by atoms with E-state index >= 15 is 0 Å². The average molecular weight is 480 g/mol. The van der Waals surface area contributed by atoms with Crippen molar-refractivity contribution < 1.29 is 8.42 Å². The van der Waals surface area contributed by atoms with Gasteiger partial charge in [-0.15, -0.1) is 5.70 Å². The molecule has 5 rings (SSSR count). The summed E-state index contributed by atoms with van der Waals surface area (Å²) in [6.45, 7) is 1.02. The number of nitrogens with one attached hydrogen (secondary N) is 1. The van der Waals surface area contributed by atoms with Gasteiger partial charge in [-0.2, -0.15) is 6.20 Å². The number of benzene rings is 1. The van der Waals surface area contributed by atoms with Crippen LogP contribution in [0, 0.1) is 5.92 Å². The number of allylic oxidation sites excluding steroid dienone is 5. The fraction of sp³-hybridized carbons (Fsp3) is 0.240. The molecule has 0 atom stereocenters. The van der Waals surface area contributed by atoms with Gasteiger partial charge in [-0.3, -0.25) is 0 Å². The number of piperidine rings is 1. The van der Waals surface area contributed by atoms with Gasteiger partial charge in [-0.05, 0) is 65.3 Å². The van der Waals surface area contributed by atoms with Gasteiger partial charge in [0.15, 0.2) is 0 Å². The molecule has 2 aromatic rings. The van der Waals surface area contributed by atoms with E-state index in [1.807, 2.05) is 30.5 Å². The van der Waals surface area contributed by atoms with Crippen LogP contribution in [0.3, 0.4) is 0 Å². The lowest BCUT2D eigenvalue weighted by Crippen LogP contribution is -2.38. The third kappa shape index (κ3) is 4.49. The minimum Gasteiger partial charge on any atom is -0.663 e. The molecule has 0 radical (unpaired) electrons. The van der Waals surface area contributed by atoms with Crippen LogP contribution in [0.5, 0.6) is 0 Å². The largest absolute Gasteiger partial charge is 0.663 e. The maximum Gasteiger partial charge on any atom is 0.211 e. The van der Waals surface area contributed by atoms with E-state index in [1.165, 1.54) is 6.26 Å². The van der Waals surface area contributed by atoms with Crippen molar-refractivity contribution in [2.45, 2.75) is 12.8 Å². The zero-order valence-electron chi connectivity index (χ0n) is 18.2. The Morgan fingerprint density at radius 2 is 2.06 bits per heavy atom. The summed E-state index contributed by atoms with van der Waals surface area (Å²) >= 11 is 6.39. The molecule has 33 heavy (non-hydrogen) atoms. The molecule has 1 aromatic heterocycles. The van der Waals surface area contributed by atoms with Crippen LogP contribution in [0.4, 0.5) is 0 Å². The first-order valence-electron chi connectivity index (χ1n) is 10.9. The molecule has 0 bridgehead atoms. The van der Waals surface area contributed by atoms with E-state index < -0.39 is 10.0 Å². The van der Waals surface area contributed by atoms with Crippen LogP contribution in [0.1, 0.15) is 29.7 Å². The number of fused-ring (bicyclic) bond motifs is 2. The summed E-state index contributed by atoms with van der Waals surface area (Å²) in [6.07, 6.45) is 18.3. The number of halogens is 1. The fourth-order valence-corrected chi connectivity index (χ4v) is 5.74. The Kier molecular flexibility index (Phi) is 5.86. The van der Waals surface area contributed by atoms with Crippen LogP contribution in [-0.2, 0) is 10.0 Å². The Morgan fingerprint density at radius 1 is 1.24 bits per heavy atom. The molecule has 1 fully saturated rings. The van der Waals surface area contributed by atoms with Gasteiger partial charge >= 0.3 is 0 Å². The predicted octanol–water partition coefficient (Wildman–Crippen LogP) is 5.38. The Bertz CT molecular complexity index is 1330. The van der Waals surface area contributed by atoms with E-state index in [9.17, 15) is 8.42 Å². The SMILES string of the molecule is CS(=O)(=O)N1CCC(C2=C3[N-]C=CC=C3C(/C=C/c3cnc[nH]3)=Cc3cc(Cl)ccc32)CC1. The summed E-state index contributed by atoms with van der Waals surface area (Å²) in [5.74, 6) is 0.195. The molecule has 8 heteroatoms. The van der Waals surface area contributed by atoms with Crippen molar-refractivity contribution in [3.8, 4) is 0 Å². The predicted molar refractivity (Wildman–Crippen MR) is 134 cm³/mol. The highest BCUT2D eigenvalue weighted by Gasteiger charge is 2.30. The van der Waals surface area contributed by atoms with Gasteiger partial charge in [0.25, 0.3) is 0 Å². The Balaban J connectivity index is 1.61. The zero-order chi connectivity index (χ0) is 23.0. The zero-order valence-corrected chi connectivity index (χ0v) is 19.8. The van der Waals surface area contributed by atoms with E-state index in [1.54, 1.807) is 16.8 Å². The Morgan fingerprint density at radius 3 is 2.79 bits per heavy atom. The molecule has 1 aromatic carbocycles. The number of aromatic nitrogens is 2. The number of nitrogens with zero attached hydrogens (tertiary/aromatic N) is 3. The monoisotopic (exact) mass is 479 g/mol. The second-order valence-corrected chi connectivity index (χ2v) is 10.8. The van der Waals surface area contributed by atoms with Crippen LogP contribution < -0.4 is 0 Å². The van der Waals surface area contributed by atoms with Crippen LogP contribution in [0.15, 0.2) is 72.0 Å². The summed E-state index contributed by atoms with van der Waals surface area (Å²) in [5.41, 5.74) is 7.21. The molecule has 0 saturated carbocycles. The Labute approximate surface area is 199 Å². The number of H-pyrrole nitrogens is 1. The van der Waals surface area contributed by atoms with Gasteiger partial charge in [0.05, 0.1) is 24.5 Å². The third-order valence-electron chi connectivity index (χ3n) is 6.28. The highest BCUT2D eigenvalue weighted by atomic mass is 35.5. The van der Waals surface area contributed by atoms with Gasteiger partial charge in [-0.25, -0.2) is 17.7 Å². The second-order valence-electron chi connectivity index (χ2n) is 8.42. The highest BCUT2D eigenvalue weighted by Crippen LogP contribution is 2.46. The van der Waals surface area contributed by atoms with Crippen LogP contribution in [-0.4, -0.2) is 42.0 Å². The molecule has 0 spiro atoms. The van der Waals surface area contributed by atoms with Crippen molar-refractivity contribution in [1.29, 1.82) is 0 Å². The third-order valence-corrected chi connectivity index (χ3v) is 7.82. The first kappa shape index (κ1) is 21.9. The van der Waals surface area contributed by atoms with E-state index in [2.05, 4.69) is 34.3 Å². The summed E-state index contributed by atoms with van der Waals surface area (Å²) in [7, 11) is -3.19. The summed E-state index contributed by atoms with van der Waals surface area (Å²) < 4.78 is 25.6. The quantitative estimate of drug-likeness (QED) is 0.638. The maximum absolute atomic E-state index is 12.0. The summed E-state index contributed by atoms with van der Waals surface area (Å²) in [6, 6.07) is 5.96. The van der Waals surface area contributed by atoms with Crippen molar-refractivity contribution in [2.75, 3.05) is 19.3 Å². The smallest absolute Gasteiger partial charge is 0.211 e. The van der Waals surface area contributed by atoms with Crippen LogP contribution in [0.25, 0.3) is 23.0 Å². The van der Waals surface area contributed by atoms with Crippen LogP contribution >= 0.6 is 11.6 Å². The molecule has 170 valence electrons. The fourth-order valence-electron chi connectivity index (χ4n) is 4.69. The number of imidazole rings is 1. The molecular weight excluding hydrogens is 456 g/mol. The molecule has 2 aliphatic heterocycles. The molecule has 3 heterocycles. The average Bonchev–Trinajstić information content (AvgIpc) is 3.27. The highest BCUT2D eigenvalue weighted by molar-refractivity contribution is 7.88. The van der Waals surface area contributed by atoms with Gasteiger partial charge < -0.3 is 10.3 Å². The van der Waals surface area contributed by atoms with Crippen molar-refractivity contribution in [1.82, 2.24) is 14.3 Å². The van der Waals surface area contributed by atoms with E-state index in [-0.39, 0.29) is 5.92 Å². The minimum absolute atomic E-state index is 0.195. The first-order valence-corrected chi connectivity index (χ1v) is 13.1. The van der Waals surface area contributed by atoms with Gasteiger partial charge in [0, 0.05) is 18.1 Å². The minimum atomic E-state index is -3.19. The molecule has 1 saturated heterocycles. The summed E-state index contributed by atoms with van der Waals surface area (Å²) in [4.78, 5) is 7.19. The van der Waals surface area contributed by atoms with Gasteiger partial charge in [0.1, 0.15) is 0 Å². The lowest BCUT2D eigenvalue weighted by molar-refractivity contribution is 0.312. The second kappa shape index (κ2) is 8.82. The maximum atomic E-state index is 12.0. The molecule has 6 nitrogen and oxygen atoms in total. The van der Waals surface area contributed by atoms with Crippen molar-refractivity contribution in [2.24, 2.45) is 5.92 Å². The lowest BCUT2D eigenvalue weighted by atomic mass is 9.82. The normalized spacial score (nSPS) is 19.6. The van der Waals surface area contributed by atoms with E-state index in [0.717, 1.165) is 52.1 Å².